The van der Waals surface area contributed by atoms with E-state index in [1.807, 2.05) is 18.5 Å². The summed E-state index contributed by atoms with van der Waals surface area (Å²) in [5.74, 6) is 0. The van der Waals surface area contributed by atoms with Crippen LogP contribution in [0.3, 0.4) is 0 Å². The van der Waals surface area contributed by atoms with Crippen molar-refractivity contribution in [1.82, 2.24) is 4.98 Å². The van der Waals surface area contributed by atoms with E-state index in [1.54, 1.807) is 0 Å². The zero-order valence-electron chi connectivity index (χ0n) is 12.8. The Labute approximate surface area is 129 Å². The van der Waals surface area contributed by atoms with E-state index in [4.69, 9.17) is 0 Å². The molecule has 0 atom stereocenters. The highest BCUT2D eigenvalue weighted by Crippen LogP contribution is 2.19. The lowest BCUT2D eigenvalue weighted by molar-refractivity contribution is 0.962. The van der Waals surface area contributed by atoms with Gasteiger partial charge in [0.1, 0.15) is 0 Å². The summed E-state index contributed by atoms with van der Waals surface area (Å²) in [7, 11) is 0. The van der Waals surface area contributed by atoms with Gasteiger partial charge in [0.2, 0.25) is 0 Å². The standard InChI is InChI=1S/C20H23N.H2/c1-3-4-5-7-18-11-13-20(14-12-18)17(2)9-10-19-8-6-15-21-16-19;/h5-8,11-16H,2-4,9-10H2,1H3;1H/b7-5+;. The van der Waals surface area contributed by atoms with Crippen LogP contribution in [0.25, 0.3) is 11.6 Å². The molecule has 1 aromatic heterocycles. The Kier molecular flexibility index (Phi) is 5.96. The molecule has 0 aliphatic heterocycles. The molecule has 21 heavy (non-hydrogen) atoms. The fourth-order valence-corrected chi connectivity index (χ4v) is 2.20. The van der Waals surface area contributed by atoms with E-state index in [2.05, 4.69) is 61.0 Å². The first-order valence-corrected chi connectivity index (χ1v) is 7.63. The first-order valence-electron chi connectivity index (χ1n) is 7.63. The van der Waals surface area contributed by atoms with Crippen LogP contribution < -0.4 is 0 Å². The highest BCUT2D eigenvalue weighted by Gasteiger charge is 2.00. The number of pyridine rings is 1. The Balaban J connectivity index is 0.00000242. The number of rotatable bonds is 7. The van der Waals surface area contributed by atoms with Gasteiger partial charge < -0.3 is 0 Å². The highest BCUT2D eigenvalue weighted by molar-refractivity contribution is 5.65. The summed E-state index contributed by atoms with van der Waals surface area (Å²) in [6.45, 7) is 6.40. The molecular formula is C20H25N. The third kappa shape index (κ3) is 5.03. The molecule has 0 spiro atoms. The minimum atomic E-state index is 0. The number of hydrogen-bond acceptors (Lipinski definition) is 1. The third-order valence-electron chi connectivity index (χ3n) is 3.52. The lowest BCUT2D eigenvalue weighted by Gasteiger charge is -2.06. The van der Waals surface area contributed by atoms with Crippen LogP contribution in [0, 0.1) is 0 Å². The Morgan fingerprint density at radius 2 is 2.05 bits per heavy atom. The number of hydrogen-bond donors (Lipinski definition) is 0. The van der Waals surface area contributed by atoms with Gasteiger partial charge in [-0.25, -0.2) is 0 Å². The van der Waals surface area contributed by atoms with Gasteiger partial charge in [-0.3, -0.25) is 4.98 Å². The molecule has 110 valence electrons. The molecule has 2 rings (SSSR count). The van der Waals surface area contributed by atoms with E-state index in [-0.39, 0.29) is 1.43 Å². The summed E-state index contributed by atoms with van der Waals surface area (Å²) < 4.78 is 0. The minimum Gasteiger partial charge on any atom is -0.264 e. The number of benzene rings is 1. The highest BCUT2D eigenvalue weighted by atomic mass is 14.6. The molecule has 2 aromatic rings. The van der Waals surface area contributed by atoms with E-state index in [0.717, 1.165) is 19.3 Å². The van der Waals surface area contributed by atoms with Crippen molar-refractivity contribution in [2.45, 2.75) is 32.6 Å². The van der Waals surface area contributed by atoms with Crippen molar-refractivity contribution in [3.8, 4) is 0 Å². The zero-order valence-corrected chi connectivity index (χ0v) is 12.8. The number of nitrogens with zero attached hydrogens (tertiary/aromatic N) is 1. The Bertz CT molecular complexity index is 585. The van der Waals surface area contributed by atoms with Gasteiger partial charge in [-0.1, -0.05) is 62.4 Å². The van der Waals surface area contributed by atoms with E-state index >= 15 is 0 Å². The fraction of sp³-hybridized carbons (Fsp3) is 0.250. The first-order chi connectivity index (χ1) is 10.3. The molecule has 0 amide bonds. The molecule has 1 aromatic carbocycles. The number of aryl methyl sites for hydroxylation is 1. The molecule has 0 aliphatic rings. The Hall–Kier alpha value is -2.15. The summed E-state index contributed by atoms with van der Waals surface area (Å²) in [4.78, 5) is 4.15. The van der Waals surface area contributed by atoms with Crippen molar-refractivity contribution >= 4 is 11.6 Å². The van der Waals surface area contributed by atoms with Crippen LogP contribution in [0.4, 0.5) is 0 Å². The lowest BCUT2D eigenvalue weighted by Crippen LogP contribution is -1.89. The van der Waals surface area contributed by atoms with Crippen LogP contribution in [-0.2, 0) is 6.42 Å². The average molecular weight is 279 g/mol. The predicted octanol–water partition coefficient (Wildman–Crippen LogP) is 5.79. The summed E-state index contributed by atoms with van der Waals surface area (Å²) in [6, 6.07) is 12.7. The van der Waals surface area contributed by atoms with Gasteiger partial charge in [0.05, 0.1) is 0 Å². The summed E-state index contributed by atoms with van der Waals surface area (Å²) in [5, 5.41) is 0. The molecule has 1 heteroatoms. The lowest BCUT2D eigenvalue weighted by atomic mass is 9.99. The Morgan fingerprint density at radius 3 is 2.71 bits per heavy atom. The van der Waals surface area contributed by atoms with Crippen molar-refractivity contribution in [1.29, 1.82) is 0 Å². The van der Waals surface area contributed by atoms with Crippen molar-refractivity contribution in [2.75, 3.05) is 0 Å². The molecule has 0 unspecified atom stereocenters. The number of unbranched alkanes of at least 4 members (excludes halogenated alkanes) is 1. The van der Waals surface area contributed by atoms with E-state index in [1.165, 1.54) is 28.7 Å². The molecule has 1 heterocycles. The van der Waals surface area contributed by atoms with Gasteiger partial charge >= 0.3 is 0 Å². The van der Waals surface area contributed by atoms with Crippen LogP contribution >= 0.6 is 0 Å². The van der Waals surface area contributed by atoms with E-state index < -0.39 is 0 Å². The maximum atomic E-state index is 4.21. The summed E-state index contributed by atoms with van der Waals surface area (Å²) >= 11 is 0. The largest absolute Gasteiger partial charge is 0.264 e. The third-order valence-corrected chi connectivity index (χ3v) is 3.52. The number of allylic oxidation sites excluding steroid dienone is 2. The second kappa shape index (κ2) is 8.21. The Morgan fingerprint density at radius 1 is 1.24 bits per heavy atom. The summed E-state index contributed by atoms with van der Waals surface area (Å²) in [6.07, 6.45) is 12.4. The molecule has 0 saturated heterocycles. The topological polar surface area (TPSA) is 12.9 Å². The quantitative estimate of drug-likeness (QED) is 0.625. The smallest absolute Gasteiger partial charge is 0.0299 e. The molecule has 0 radical (unpaired) electrons. The zero-order chi connectivity index (χ0) is 14.9. The second-order valence-electron chi connectivity index (χ2n) is 5.28. The second-order valence-corrected chi connectivity index (χ2v) is 5.28. The van der Waals surface area contributed by atoms with Crippen molar-refractivity contribution < 1.29 is 1.43 Å². The van der Waals surface area contributed by atoms with Crippen LogP contribution in [0.2, 0.25) is 0 Å². The normalized spacial score (nSPS) is 10.9. The molecule has 0 fully saturated rings. The van der Waals surface area contributed by atoms with Crippen LogP contribution in [0.1, 0.15) is 44.3 Å². The molecule has 1 nitrogen and oxygen atoms in total. The SMILES string of the molecule is C=C(CCc1cccnc1)c1ccc(/C=C/CCC)cc1.[HH]. The molecule has 0 N–H and O–H groups in total. The van der Waals surface area contributed by atoms with Crippen LogP contribution in [0.15, 0.2) is 61.4 Å². The van der Waals surface area contributed by atoms with Gasteiger partial charge in [-0.2, -0.15) is 0 Å². The molecular weight excluding hydrogens is 254 g/mol. The van der Waals surface area contributed by atoms with E-state index in [9.17, 15) is 0 Å². The van der Waals surface area contributed by atoms with Crippen molar-refractivity contribution in [3.63, 3.8) is 0 Å². The predicted molar refractivity (Wildman–Crippen MR) is 94.1 cm³/mol. The minimum absolute atomic E-state index is 0. The van der Waals surface area contributed by atoms with Crippen molar-refractivity contribution in [3.05, 3.63) is 78.1 Å². The fourth-order valence-electron chi connectivity index (χ4n) is 2.20. The monoisotopic (exact) mass is 279 g/mol. The van der Waals surface area contributed by atoms with Crippen molar-refractivity contribution in [2.24, 2.45) is 0 Å². The molecule has 0 bridgehead atoms. The van der Waals surface area contributed by atoms with Gasteiger partial charge in [-0.15, -0.1) is 0 Å². The van der Waals surface area contributed by atoms with Crippen LogP contribution in [-0.4, -0.2) is 4.98 Å². The maximum absolute atomic E-state index is 4.21. The first kappa shape index (κ1) is 15.2. The summed E-state index contributed by atoms with van der Waals surface area (Å²) in [5.41, 5.74) is 4.93. The van der Waals surface area contributed by atoms with Gasteiger partial charge in [0.15, 0.2) is 0 Å². The van der Waals surface area contributed by atoms with Gasteiger partial charge in [-0.05, 0) is 47.6 Å². The molecule has 0 aliphatic carbocycles. The maximum Gasteiger partial charge on any atom is 0.0299 e. The average Bonchev–Trinajstić information content (AvgIpc) is 2.54. The molecule has 0 saturated carbocycles. The van der Waals surface area contributed by atoms with Gasteiger partial charge in [0.25, 0.3) is 0 Å². The van der Waals surface area contributed by atoms with Gasteiger partial charge in [0, 0.05) is 13.8 Å². The van der Waals surface area contributed by atoms with Crippen LogP contribution in [0.5, 0.6) is 0 Å². The van der Waals surface area contributed by atoms with E-state index in [0.29, 0.717) is 0 Å². The number of aromatic nitrogens is 1.